The number of morpholine rings is 1. The van der Waals surface area contributed by atoms with Crippen LogP contribution in [0.25, 0.3) is 0 Å². The van der Waals surface area contributed by atoms with Gasteiger partial charge in [-0.25, -0.2) is 9.59 Å². The fourth-order valence-electron chi connectivity index (χ4n) is 2.11. The van der Waals surface area contributed by atoms with Crippen LogP contribution in [0.4, 0.5) is 4.79 Å². The van der Waals surface area contributed by atoms with Gasteiger partial charge in [0, 0.05) is 6.54 Å². The van der Waals surface area contributed by atoms with Gasteiger partial charge in [-0.1, -0.05) is 13.8 Å². The van der Waals surface area contributed by atoms with Gasteiger partial charge in [-0.2, -0.15) is 0 Å². The van der Waals surface area contributed by atoms with Crippen LogP contribution in [0.5, 0.6) is 0 Å². The zero-order valence-electron chi connectivity index (χ0n) is 12.0. The molecule has 1 heterocycles. The maximum Gasteiger partial charge on any atom is 0.326 e. The van der Waals surface area contributed by atoms with Gasteiger partial charge in [0.1, 0.15) is 6.04 Å². The molecule has 0 aromatic heterocycles. The molecule has 1 fully saturated rings. The van der Waals surface area contributed by atoms with Crippen molar-refractivity contribution in [3.8, 4) is 0 Å². The Bertz CT molecular complexity index is 333. The second-order valence-electron chi connectivity index (χ2n) is 5.62. The van der Waals surface area contributed by atoms with Gasteiger partial charge in [0.15, 0.2) is 0 Å². The third-order valence-electron chi connectivity index (χ3n) is 3.17. The van der Waals surface area contributed by atoms with Crippen LogP contribution in [0, 0.1) is 5.92 Å². The maximum absolute atomic E-state index is 12.1. The Morgan fingerprint density at radius 3 is 2.58 bits per heavy atom. The summed E-state index contributed by atoms with van der Waals surface area (Å²) in [6, 6.07) is -1.20. The minimum atomic E-state index is -0.990. The molecule has 6 nitrogen and oxygen atoms in total. The van der Waals surface area contributed by atoms with E-state index in [2.05, 4.69) is 5.32 Å². The Morgan fingerprint density at radius 1 is 1.42 bits per heavy atom. The number of rotatable bonds is 4. The van der Waals surface area contributed by atoms with Crippen LogP contribution in [0.15, 0.2) is 0 Å². The minimum absolute atomic E-state index is 0.0182. The Kier molecular flexibility index (Phi) is 5.60. The molecule has 0 aromatic rings. The number of carbonyl (C=O) groups is 2. The number of carboxylic acids is 1. The van der Waals surface area contributed by atoms with Gasteiger partial charge in [-0.15, -0.1) is 0 Å². The van der Waals surface area contributed by atoms with Gasteiger partial charge in [-0.3, -0.25) is 0 Å². The maximum atomic E-state index is 12.1. The van der Waals surface area contributed by atoms with Crippen molar-refractivity contribution in [2.75, 3.05) is 13.2 Å². The Labute approximate surface area is 114 Å². The van der Waals surface area contributed by atoms with E-state index in [0.29, 0.717) is 19.6 Å². The second-order valence-corrected chi connectivity index (χ2v) is 5.62. The van der Waals surface area contributed by atoms with E-state index in [0.717, 1.165) is 0 Å². The van der Waals surface area contributed by atoms with Crippen molar-refractivity contribution >= 4 is 12.0 Å². The summed E-state index contributed by atoms with van der Waals surface area (Å²) in [4.78, 5) is 24.9. The summed E-state index contributed by atoms with van der Waals surface area (Å²) < 4.78 is 5.45. The molecule has 0 radical (unpaired) electrons. The summed E-state index contributed by atoms with van der Waals surface area (Å²) >= 11 is 0. The topological polar surface area (TPSA) is 78.9 Å². The largest absolute Gasteiger partial charge is 0.480 e. The zero-order valence-corrected chi connectivity index (χ0v) is 12.0. The third-order valence-corrected chi connectivity index (χ3v) is 3.17. The summed E-state index contributed by atoms with van der Waals surface area (Å²) in [6.45, 7) is 8.62. The highest BCUT2D eigenvalue weighted by molar-refractivity contribution is 5.82. The highest BCUT2D eigenvalue weighted by Crippen LogP contribution is 2.12. The van der Waals surface area contributed by atoms with Gasteiger partial charge in [-0.05, 0) is 26.2 Å². The number of hydrogen-bond donors (Lipinski definition) is 2. The van der Waals surface area contributed by atoms with Crippen molar-refractivity contribution in [3.63, 3.8) is 0 Å². The summed E-state index contributed by atoms with van der Waals surface area (Å²) in [5.74, 6) is -0.779. The number of ether oxygens (including phenoxy) is 1. The Balaban J connectivity index is 2.62. The predicted molar refractivity (Wildman–Crippen MR) is 71.0 cm³/mol. The van der Waals surface area contributed by atoms with Gasteiger partial charge in [0.2, 0.25) is 0 Å². The second kappa shape index (κ2) is 6.75. The van der Waals surface area contributed by atoms with Crippen molar-refractivity contribution in [3.05, 3.63) is 0 Å². The Morgan fingerprint density at radius 2 is 2.05 bits per heavy atom. The first-order chi connectivity index (χ1) is 8.81. The van der Waals surface area contributed by atoms with E-state index in [4.69, 9.17) is 9.84 Å². The average molecular weight is 272 g/mol. The molecule has 1 rings (SSSR count). The SMILES string of the molecule is CC(C)C[C@H](NC(=O)N1CC(C)OCC1C)C(=O)O. The van der Waals surface area contributed by atoms with Gasteiger partial charge >= 0.3 is 12.0 Å². The lowest BCUT2D eigenvalue weighted by Gasteiger charge is -2.37. The molecule has 1 aliphatic rings. The van der Waals surface area contributed by atoms with Gasteiger partial charge in [0.25, 0.3) is 0 Å². The summed E-state index contributed by atoms with van der Waals surface area (Å²) in [5, 5.41) is 11.7. The van der Waals surface area contributed by atoms with Crippen LogP contribution in [0.3, 0.4) is 0 Å². The summed E-state index contributed by atoms with van der Waals surface area (Å²) in [5.41, 5.74) is 0. The first-order valence-corrected chi connectivity index (χ1v) is 6.72. The lowest BCUT2D eigenvalue weighted by molar-refractivity contribution is -0.139. The number of amides is 2. The standard InChI is InChI=1S/C13H24N2O4/c1-8(2)5-11(12(16)17)14-13(18)15-6-10(4)19-7-9(15)3/h8-11H,5-7H2,1-4H3,(H,14,18)(H,16,17)/t9?,10?,11-/m0/s1. The average Bonchev–Trinajstić information content (AvgIpc) is 2.30. The normalized spacial score (nSPS) is 25.2. The van der Waals surface area contributed by atoms with E-state index >= 15 is 0 Å². The van der Waals surface area contributed by atoms with E-state index in [1.807, 2.05) is 27.7 Å². The number of nitrogens with one attached hydrogen (secondary N) is 1. The van der Waals surface area contributed by atoms with Crippen LogP contribution in [-0.4, -0.2) is 53.3 Å². The van der Waals surface area contributed by atoms with Crippen molar-refractivity contribution in [1.82, 2.24) is 10.2 Å². The summed E-state index contributed by atoms with van der Waals surface area (Å²) in [6.07, 6.45) is 0.408. The molecule has 1 saturated heterocycles. The fourth-order valence-corrected chi connectivity index (χ4v) is 2.11. The third kappa shape index (κ3) is 4.70. The Hall–Kier alpha value is -1.30. The van der Waals surface area contributed by atoms with Crippen LogP contribution < -0.4 is 5.32 Å². The zero-order chi connectivity index (χ0) is 14.6. The molecule has 0 aliphatic carbocycles. The molecular weight excluding hydrogens is 248 g/mol. The number of carboxylic acid groups (broad SMARTS) is 1. The molecule has 110 valence electrons. The fraction of sp³-hybridized carbons (Fsp3) is 0.846. The summed E-state index contributed by atoms with van der Waals surface area (Å²) in [7, 11) is 0. The molecule has 19 heavy (non-hydrogen) atoms. The minimum Gasteiger partial charge on any atom is -0.480 e. The van der Waals surface area contributed by atoms with Crippen molar-refractivity contribution in [2.24, 2.45) is 5.92 Å². The highest BCUT2D eigenvalue weighted by atomic mass is 16.5. The van der Waals surface area contributed by atoms with Crippen molar-refractivity contribution < 1.29 is 19.4 Å². The molecule has 0 spiro atoms. The lowest BCUT2D eigenvalue weighted by atomic mass is 10.0. The molecule has 6 heteroatoms. The van der Waals surface area contributed by atoms with Crippen LogP contribution >= 0.6 is 0 Å². The monoisotopic (exact) mass is 272 g/mol. The van der Waals surface area contributed by atoms with E-state index in [1.165, 1.54) is 0 Å². The number of carbonyl (C=O) groups excluding carboxylic acids is 1. The van der Waals surface area contributed by atoms with Crippen molar-refractivity contribution in [1.29, 1.82) is 0 Å². The van der Waals surface area contributed by atoms with Gasteiger partial charge < -0.3 is 20.1 Å². The first-order valence-electron chi connectivity index (χ1n) is 6.72. The number of aliphatic carboxylic acids is 1. The van der Waals surface area contributed by atoms with E-state index in [9.17, 15) is 9.59 Å². The molecule has 0 bridgehead atoms. The molecular formula is C13H24N2O4. The first kappa shape index (κ1) is 15.8. The lowest BCUT2D eigenvalue weighted by Crippen LogP contribution is -2.56. The predicted octanol–water partition coefficient (Wildman–Crippen LogP) is 1.30. The molecule has 0 saturated carbocycles. The number of urea groups is 1. The van der Waals surface area contributed by atoms with E-state index < -0.39 is 12.0 Å². The molecule has 2 N–H and O–H groups in total. The number of nitrogens with zero attached hydrogens (tertiary/aromatic N) is 1. The molecule has 2 amide bonds. The van der Waals surface area contributed by atoms with E-state index in [1.54, 1.807) is 4.90 Å². The van der Waals surface area contributed by atoms with Crippen LogP contribution in [0.2, 0.25) is 0 Å². The molecule has 0 aromatic carbocycles. The van der Waals surface area contributed by atoms with E-state index in [-0.39, 0.29) is 24.1 Å². The highest BCUT2D eigenvalue weighted by Gasteiger charge is 2.30. The number of hydrogen-bond acceptors (Lipinski definition) is 3. The smallest absolute Gasteiger partial charge is 0.326 e. The van der Waals surface area contributed by atoms with Crippen LogP contribution in [-0.2, 0) is 9.53 Å². The molecule has 2 unspecified atom stereocenters. The van der Waals surface area contributed by atoms with Crippen LogP contribution in [0.1, 0.15) is 34.1 Å². The molecule has 3 atom stereocenters. The van der Waals surface area contributed by atoms with Gasteiger partial charge in [0.05, 0.1) is 18.8 Å². The molecule has 1 aliphatic heterocycles. The quantitative estimate of drug-likeness (QED) is 0.808. The van der Waals surface area contributed by atoms with Crippen molar-refractivity contribution in [2.45, 2.75) is 52.3 Å².